The van der Waals surface area contributed by atoms with E-state index in [2.05, 4.69) is 76.3 Å². The van der Waals surface area contributed by atoms with Gasteiger partial charge in [0, 0.05) is 28.7 Å². The Bertz CT molecular complexity index is 579. The molecule has 106 valence electrons. The van der Waals surface area contributed by atoms with Gasteiger partial charge in [-0.05, 0) is 38.0 Å². The van der Waals surface area contributed by atoms with E-state index in [9.17, 15) is 0 Å². The van der Waals surface area contributed by atoms with Gasteiger partial charge in [0.15, 0.2) is 0 Å². The zero-order valence-corrected chi connectivity index (χ0v) is 13.8. The molecule has 3 nitrogen and oxygen atoms in total. The van der Waals surface area contributed by atoms with Crippen molar-refractivity contribution in [3.05, 3.63) is 51.4 Å². The van der Waals surface area contributed by atoms with Crippen molar-refractivity contribution >= 4 is 21.7 Å². The third kappa shape index (κ3) is 3.57. The van der Waals surface area contributed by atoms with E-state index in [0.717, 1.165) is 46.8 Å². The Hall–Kier alpha value is -1.42. The van der Waals surface area contributed by atoms with Gasteiger partial charge in [0.2, 0.25) is 0 Å². The number of aromatic nitrogens is 2. The molecule has 0 aliphatic rings. The molecule has 0 unspecified atom stereocenters. The molecule has 20 heavy (non-hydrogen) atoms. The number of nitrogens with one attached hydrogen (secondary N) is 1. The molecular weight excluding hydrogens is 314 g/mol. The van der Waals surface area contributed by atoms with Crippen LogP contribution < -0.4 is 5.32 Å². The first-order valence-corrected chi connectivity index (χ1v) is 7.78. The number of halogens is 1. The number of hydrogen-bond acceptors (Lipinski definition) is 3. The average molecular weight is 334 g/mol. The van der Waals surface area contributed by atoms with Gasteiger partial charge >= 0.3 is 0 Å². The maximum atomic E-state index is 4.69. The topological polar surface area (TPSA) is 37.8 Å². The molecule has 1 heterocycles. The Morgan fingerprint density at radius 3 is 2.40 bits per heavy atom. The van der Waals surface area contributed by atoms with Crippen LogP contribution in [0.3, 0.4) is 0 Å². The minimum absolute atomic E-state index is 0.763. The SMILES string of the molecule is CCNc1nc(Cc2ccc(Br)cc2)nc(CC)c1C. The quantitative estimate of drug-likeness (QED) is 0.893. The van der Waals surface area contributed by atoms with E-state index >= 15 is 0 Å². The van der Waals surface area contributed by atoms with Crippen molar-refractivity contribution in [2.24, 2.45) is 0 Å². The minimum Gasteiger partial charge on any atom is -0.370 e. The number of aryl methyl sites for hydroxylation is 1. The average Bonchev–Trinajstić information content (AvgIpc) is 2.45. The van der Waals surface area contributed by atoms with Crippen LogP contribution in [0.5, 0.6) is 0 Å². The van der Waals surface area contributed by atoms with E-state index in [1.54, 1.807) is 0 Å². The van der Waals surface area contributed by atoms with Gasteiger partial charge in [0.25, 0.3) is 0 Å². The van der Waals surface area contributed by atoms with Gasteiger partial charge in [-0.2, -0.15) is 0 Å². The lowest BCUT2D eigenvalue weighted by Gasteiger charge is -2.12. The Kier molecular flexibility index (Phi) is 5.12. The van der Waals surface area contributed by atoms with Crippen molar-refractivity contribution in [2.45, 2.75) is 33.6 Å². The van der Waals surface area contributed by atoms with Crippen LogP contribution in [-0.2, 0) is 12.8 Å². The van der Waals surface area contributed by atoms with E-state index in [1.807, 2.05) is 0 Å². The van der Waals surface area contributed by atoms with Gasteiger partial charge in [-0.3, -0.25) is 0 Å². The molecule has 0 amide bonds. The van der Waals surface area contributed by atoms with Gasteiger partial charge in [-0.15, -0.1) is 0 Å². The second kappa shape index (κ2) is 6.84. The molecule has 1 aromatic heterocycles. The molecule has 1 aromatic carbocycles. The lowest BCUT2D eigenvalue weighted by Crippen LogP contribution is -2.09. The Morgan fingerprint density at radius 2 is 1.80 bits per heavy atom. The number of hydrogen-bond donors (Lipinski definition) is 1. The highest BCUT2D eigenvalue weighted by Gasteiger charge is 2.09. The molecule has 0 spiro atoms. The van der Waals surface area contributed by atoms with Crippen LogP contribution in [0, 0.1) is 6.92 Å². The van der Waals surface area contributed by atoms with Gasteiger partial charge in [0.05, 0.1) is 0 Å². The summed E-state index contributed by atoms with van der Waals surface area (Å²) in [6.07, 6.45) is 1.69. The second-order valence-electron chi connectivity index (χ2n) is 4.75. The van der Waals surface area contributed by atoms with Crippen LogP contribution in [0.15, 0.2) is 28.7 Å². The van der Waals surface area contributed by atoms with Crippen LogP contribution in [0.2, 0.25) is 0 Å². The first-order chi connectivity index (χ1) is 9.63. The number of rotatable bonds is 5. The zero-order valence-electron chi connectivity index (χ0n) is 12.2. The summed E-state index contributed by atoms with van der Waals surface area (Å²) < 4.78 is 1.09. The molecule has 0 radical (unpaired) electrons. The Labute approximate surface area is 129 Å². The molecular formula is C16H20BrN3. The zero-order chi connectivity index (χ0) is 14.5. The molecule has 0 bridgehead atoms. The van der Waals surface area contributed by atoms with Crippen molar-refractivity contribution < 1.29 is 0 Å². The molecule has 0 aliphatic heterocycles. The van der Waals surface area contributed by atoms with Crippen molar-refractivity contribution in [3.8, 4) is 0 Å². The number of nitrogens with zero attached hydrogens (tertiary/aromatic N) is 2. The van der Waals surface area contributed by atoms with Gasteiger partial charge in [-0.1, -0.05) is 35.0 Å². The third-order valence-corrected chi connectivity index (χ3v) is 3.78. The summed E-state index contributed by atoms with van der Waals surface area (Å²) in [7, 11) is 0. The van der Waals surface area contributed by atoms with Crippen molar-refractivity contribution in [1.29, 1.82) is 0 Å². The summed E-state index contributed by atoms with van der Waals surface area (Å²) in [6, 6.07) is 8.31. The Balaban J connectivity index is 2.31. The van der Waals surface area contributed by atoms with Crippen molar-refractivity contribution in [3.63, 3.8) is 0 Å². The summed E-state index contributed by atoms with van der Waals surface area (Å²) in [5.41, 5.74) is 3.51. The van der Waals surface area contributed by atoms with E-state index in [0.29, 0.717) is 0 Å². The molecule has 4 heteroatoms. The largest absolute Gasteiger partial charge is 0.370 e. The normalized spacial score (nSPS) is 10.6. The molecule has 2 aromatic rings. The molecule has 2 rings (SSSR count). The van der Waals surface area contributed by atoms with E-state index < -0.39 is 0 Å². The summed E-state index contributed by atoms with van der Waals surface area (Å²) in [4.78, 5) is 9.34. The maximum Gasteiger partial charge on any atom is 0.135 e. The standard InChI is InChI=1S/C16H20BrN3/c1-4-14-11(3)16(18-5-2)20-15(19-14)10-12-6-8-13(17)9-7-12/h6-9H,4-5,10H2,1-3H3,(H,18,19,20). The Morgan fingerprint density at radius 1 is 1.10 bits per heavy atom. The lowest BCUT2D eigenvalue weighted by atomic mass is 10.1. The highest BCUT2D eigenvalue weighted by molar-refractivity contribution is 9.10. The first-order valence-electron chi connectivity index (χ1n) is 6.98. The minimum atomic E-state index is 0.763. The van der Waals surface area contributed by atoms with Crippen LogP contribution in [0.1, 0.15) is 36.5 Å². The van der Waals surface area contributed by atoms with Gasteiger partial charge in [0.1, 0.15) is 11.6 Å². The lowest BCUT2D eigenvalue weighted by molar-refractivity contribution is 0.886. The van der Waals surface area contributed by atoms with Crippen molar-refractivity contribution in [2.75, 3.05) is 11.9 Å². The van der Waals surface area contributed by atoms with Crippen LogP contribution >= 0.6 is 15.9 Å². The van der Waals surface area contributed by atoms with E-state index in [-0.39, 0.29) is 0 Å². The smallest absolute Gasteiger partial charge is 0.135 e. The first kappa shape index (κ1) is 15.0. The maximum absolute atomic E-state index is 4.69. The predicted molar refractivity (Wildman–Crippen MR) is 87.3 cm³/mol. The number of benzene rings is 1. The van der Waals surface area contributed by atoms with Crippen LogP contribution in [-0.4, -0.2) is 16.5 Å². The molecule has 0 aliphatic carbocycles. The van der Waals surface area contributed by atoms with Crippen LogP contribution in [0.25, 0.3) is 0 Å². The molecule has 0 fully saturated rings. The molecule has 0 saturated heterocycles. The van der Waals surface area contributed by atoms with Crippen LogP contribution in [0.4, 0.5) is 5.82 Å². The highest BCUT2D eigenvalue weighted by Crippen LogP contribution is 2.18. The fourth-order valence-corrected chi connectivity index (χ4v) is 2.43. The van der Waals surface area contributed by atoms with Gasteiger partial charge < -0.3 is 5.32 Å². The summed E-state index contributed by atoms with van der Waals surface area (Å²) in [5, 5.41) is 3.33. The monoisotopic (exact) mass is 333 g/mol. The predicted octanol–water partition coefficient (Wildman–Crippen LogP) is 4.13. The van der Waals surface area contributed by atoms with Crippen molar-refractivity contribution in [1.82, 2.24) is 9.97 Å². The third-order valence-electron chi connectivity index (χ3n) is 3.25. The summed E-state index contributed by atoms with van der Waals surface area (Å²) in [5.74, 6) is 1.84. The second-order valence-corrected chi connectivity index (χ2v) is 5.66. The fourth-order valence-electron chi connectivity index (χ4n) is 2.16. The molecule has 1 N–H and O–H groups in total. The fraction of sp³-hybridized carbons (Fsp3) is 0.375. The van der Waals surface area contributed by atoms with E-state index in [4.69, 9.17) is 0 Å². The number of anilines is 1. The highest BCUT2D eigenvalue weighted by atomic mass is 79.9. The summed E-state index contributed by atoms with van der Waals surface area (Å²) >= 11 is 3.45. The van der Waals surface area contributed by atoms with Gasteiger partial charge in [-0.25, -0.2) is 9.97 Å². The molecule has 0 atom stereocenters. The summed E-state index contributed by atoms with van der Waals surface area (Å²) in [6.45, 7) is 7.18. The molecule has 0 saturated carbocycles. The van der Waals surface area contributed by atoms with E-state index in [1.165, 1.54) is 5.56 Å².